The van der Waals surface area contributed by atoms with Crippen LogP contribution in [0.1, 0.15) is 11.1 Å². The Bertz CT molecular complexity index is 1860. The fourth-order valence-corrected chi connectivity index (χ4v) is 6.37. The molecule has 0 bridgehead atoms. The predicted molar refractivity (Wildman–Crippen MR) is 209 cm³/mol. The summed E-state index contributed by atoms with van der Waals surface area (Å²) in [6.07, 6.45) is 0. The van der Waals surface area contributed by atoms with Crippen LogP contribution in [0, 0.1) is 28.7 Å². The Morgan fingerprint density at radius 2 is 0.625 bits per heavy atom. The molecule has 0 spiro atoms. The first-order chi connectivity index (χ1) is 22.7. The van der Waals surface area contributed by atoms with Crippen LogP contribution in [0.4, 0.5) is 0 Å². The fraction of sp³-hybridized carbons (Fsp3) is 0.0435. The normalized spacial score (nSPS) is 10.1. The summed E-state index contributed by atoms with van der Waals surface area (Å²) in [5.41, 5.74) is 13.0. The van der Waals surface area contributed by atoms with E-state index in [1.54, 1.807) is 0 Å². The van der Waals surface area contributed by atoms with E-state index in [2.05, 4.69) is 191 Å². The van der Waals surface area contributed by atoms with Gasteiger partial charge >= 0.3 is 30.2 Å². The Balaban J connectivity index is 0.000000198. The number of benzene rings is 6. The number of aryl methyl sites for hydroxylation is 2. The van der Waals surface area contributed by atoms with Crippen molar-refractivity contribution in [3.63, 3.8) is 0 Å². The van der Waals surface area contributed by atoms with E-state index in [9.17, 15) is 0 Å². The molecule has 0 saturated heterocycles. The zero-order valence-electron chi connectivity index (χ0n) is 28.2. The molecule has 8 aromatic carbocycles. The van der Waals surface area contributed by atoms with Crippen molar-refractivity contribution in [3.05, 3.63) is 196 Å². The average molecular weight is 712 g/mol. The first-order valence-corrected chi connectivity index (χ1v) is 19.7. The van der Waals surface area contributed by atoms with Gasteiger partial charge in [0.2, 0.25) is 0 Å². The number of fused-ring (bicyclic) bond motifs is 2. The van der Waals surface area contributed by atoms with Crippen LogP contribution in [0.2, 0.25) is 0 Å². The molecule has 0 fully saturated rings. The van der Waals surface area contributed by atoms with Gasteiger partial charge in [0.25, 0.3) is 0 Å². The third-order valence-electron chi connectivity index (χ3n) is 8.40. The van der Waals surface area contributed by atoms with Crippen LogP contribution in [0.5, 0.6) is 0 Å². The van der Waals surface area contributed by atoms with Gasteiger partial charge in [-0.3, -0.25) is 0 Å². The van der Waals surface area contributed by atoms with Gasteiger partial charge in [-0.1, -0.05) is 193 Å². The molecule has 0 aliphatic rings. The van der Waals surface area contributed by atoms with Crippen molar-refractivity contribution in [2.45, 2.75) is 13.8 Å². The van der Waals surface area contributed by atoms with Gasteiger partial charge in [-0.15, -0.1) is 44.8 Å². The van der Waals surface area contributed by atoms with Crippen LogP contribution in [-0.4, -0.2) is 6.88 Å². The summed E-state index contributed by atoms with van der Waals surface area (Å²) in [6.45, 7) is 7.40. The molecule has 2 radical (unpaired) electrons. The first kappa shape index (κ1) is 36.5. The van der Waals surface area contributed by atoms with Crippen LogP contribution in [0.25, 0.3) is 66.1 Å². The molecule has 0 atom stereocenters. The Labute approximate surface area is 304 Å². The van der Waals surface area contributed by atoms with Gasteiger partial charge in [-0.25, -0.2) is 0 Å². The van der Waals surface area contributed by atoms with Gasteiger partial charge in [-0.05, 0) is 11.1 Å². The van der Waals surface area contributed by atoms with Crippen LogP contribution < -0.4 is 0 Å². The zero-order valence-corrected chi connectivity index (χ0v) is 31.6. The minimum absolute atomic E-state index is 0. The summed E-state index contributed by atoms with van der Waals surface area (Å²) in [7, 11) is 0. The molecule has 0 aliphatic heterocycles. The summed E-state index contributed by atoms with van der Waals surface area (Å²) in [4.78, 5) is 0. The van der Waals surface area contributed by atoms with Crippen molar-refractivity contribution in [3.8, 4) is 44.5 Å². The Kier molecular flexibility index (Phi) is 13.0. The second-order valence-corrected chi connectivity index (χ2v) is 11.5. The fourth-order valence-electron chi connectivity index (χ4n) is 6.37. The van der Waals surface area contributed by atoms with Crippen molar-refractivity contribution >= 4 is 28.4 Å². The van der Waals surface area contributed by atoms with Gasteiger partial charge in [0.1, 0.15) is 0 Å². The van der Waals surface area contributed by atoms with Crippen LogP contribution in [0.15, 0.2) is 170 Å². The molecule has 0 aliphatic carbocycles. The Hall–Kier alpha value is -4.36. The Morgan fingerprint density at radius 3 is 0.917 bits per heavy atom. The van der Waals surface area contributed by atoms with Crippen molar-refractivity contribution in [1.29, 1.82) is 0 Å². The van der Waals surface area contributed by atoms with E-state index in [-0.39, 0.29) is 14.9 Å². The van der Waals surface area contributed by atoms with E-state index in [0.717, 1.165) is 0 Å². The van der Waals surface area contributed by atoms with Gasteiger partial charge in [0, 0.05) is 0 Å². The van der Waals surface area contributed by atoms with Crippen molar-refractivity contribution in [2.24, 2.45) is 0 Å². The van der Waals surface area contributed by atoms with Crippen molar-refractivity contribution < 1.29 is 23.3 Å². The van der Waals surface area contributed by atoms with Crippen molar-refractivity contribution in [1.82, 2.24) is 0 Å². The molecule has 236 valence electrons. The molecule has 0 aromatic heterocycles. The van der Waals surface area contributed by atoms with Gasteiger partial charge in [-0.2, -0.15) is 12.1 Å². The quantitative estimate of drug-likeness (QED) is 0.126. The topological polar surface area (TPSA) is 0 Å². The molecular formula is C46H40SiZr-4. The molecule has 0 N–H and O–H groups in total. The maximum atomic E-state index is 3.06. The molecule has 8 rings (SSSR count). The standard InChI is InChI=1S/2C22H17.2CH3.Si.Zr/c2*1-16-14-21-19(17-8-4-2-5-9-17)12-13-20(22(21)15-16)18-10-6-3-7-11-18;;;;/h2*2-15H,1H3;2*1H3;;/q4*-1;;. The number of rotatable bonds is 4. The summed E-state index contributed by atoms with van der Waals surface area (Å²) < 4.78 is 0. The number of hydrogen-bond acceptors (Lipinski definition) is 0. The van der Waals surface area contributed by atoms with E-state index in [4.69, 9.17) is 0 Å². The zero-order chi connectivity index (χ0) is 31.9. The molecule has 0 unspecified atom stereocenters. The molecule has 8 aromatic rings. The molecule has 0 saturated carbocycles. The van der Waals surface area contributed by atoms with Gasteiger partial charge in [0.15, 0.2) is 0 Å². The van der Waals surface area contributed by atoms with Crippen LogP contribution in [0.3, 0.4) is 0 Å². The van der Waals surface area contributed by atoms with Gasteiger partial charge in [0.05, 0.1) is 0 Å². The SMILES string of the molecule is Cc1cc2c(-c3ccccc3)ccc(-c3ccccc3)c2[cH-]1.Cc1cc2c(-c3ccccc3)ccc(-c3ccccc3)c2[cH-]1.[CH3-].[CH3-].[Si]=[Zr]. The molecule has 0 nitrogen and oxygen atoms in total. The second kappa shape index (κ2) is 17.2. The van der Waals surface area contributed by atoms with Crippen molar-refractivity contribution in [2.75, 3.05) is 0 Å². The predicted octanol–water partition coefficient (Wildman–Crippen LogP) is 12.9. The number of hydrogen-bond donors (Lipinski definition) is 0. The monoisotopic (exact) mass is 710 g/mol. The third-order valence-corrected chi connectivity index (χ3v) is 8.40. The van der Waals surface area contributed by atoms with Crippen LogP contribution in [-0.2, 0) is 23.3 Å². The van der Waals surface area contributed by atoms with E-state index in [1.807, 2.05) is 0 Å². The molecule has 0 amide bonds. The molecule has 0 heterocycles. The summed E-state index contributed by atoms with van der Waals surface area (Å²) >= 11 is 1.36. The summed E-state index contributed by atoms with van der Waals surface area (Å²) in [6, 6.07) is 60.7. The van der Waals surface area contributed by atoms with Gasteiger partial charge < -0.3 is 14.9 Å². The molecular weight excluding hydrogens is 672 g/mol. The van der Waals surface area contributed by atoms with E-state index in [1.165, 1.54) is 101 Å². The summed E-state index contributed by atoms with van der Waals surface area (Å²) in [5, 5.41) is 5.35. The van der Waals surface area contributed by atoms with Crippen LogP contribution >= 0.6 is 0 Å². The van der Waals surface area contributed by atoms with E-state index < -0.39 is 0 Å². The first-order valence-electron chi connectivity index (χ1n) is 15.5. The average Bonchev–Trinajstić information content (AvgIpc) is 3.72. The summed E-state index contributed by atoms with van der Waals surface area (Å²) in [5.74, 6) is 0. The maximum absolute atomic E-state index is 3.06. The molecule has 2 heteroatoms. The van der Waals surface area contributed by atoms with E-state index >= 15 is 0 Å². The second-order valence-electron chi connectivity index (χ2n) is 11.5. The molecule has 48 heavy (non-hydrogen) atoms. The van der Waals surface area contributed by atoms with E-state index in [0.29, 0.717) is 0 Å². The Morgan fingerprint density at radius 1 is 0.375 bits per heavy atom. The minimum atomic E-state index is 0. The third kappa shape index (κ3) is 7.84.